The molecule has 0 fully saturated rings. The SMILES string of the molecule is CCC(CC)(CC)C(=O)O.CCCC(C)(C)C(=O)O. The van der Waals surface area contributed by atoms with Crippen LogP contribution in [-0.4, -0.2) is 22.2 Å². The Morgan fingerprint density at radius 2 is 1.21 bits per heavy atom. The standard InChI is InChI=1S/C8H16O2.C7H14O2/c1-4-8(5-2,6-3)7(9)10;1-4-5-7(2,3)6(8)9/h4-6H2,1-3H3,(H,9,10);4-5H2,1-3H3,(H,8,9). The molecule has 0 amide bonds. The molecule has 0 aliphatic carbocycles. The lowest BCUT2D eigenvalue weighted by atomic mass is 9.80. The van der Waals surface area contributed by atoms with E-state index in [-0.39, 0.29) is 0 Å². The first-order valence-corrected chi connectivity index (χ1v) is 7.10. The third kappa shape index (κ3) is 6.60. The van der Waals surface area contributed by atoms with Crippen LogP contribution in [0, 0.1) is 10.8 Å². The van der Waals surface area contributed by atoms with E-state index in [1.807, 2.05) is 27.7 Å². The van der Waals surface area contributed by atoms with E-state index in [0.29, 0.717) is 0 Å². The number of hydrogen-bond donors (Lipinski definition) is 2. The third-order valence-electron chi connectivity index (χ3n) is 3.94. The van der Waals surface area contributed by atoms with Gasteiger partial charge in [0.05, 0.1) is 10.8 Å². The molecule has 0 aromatic rings. The fraction of sp³-hybridized carbons (Fsp3) is 0.867. The summed E-state index contributed by atoms with van der Waals surface area (Å²) in [4.78, 5) is 21.1. The molecule has 4 heteroatoms. The highest BCUT2D eigenvalue weighted by atomic mass is 16.4. The Morgan fingerprint density at radius 1 is 0.842 bits per heavy atom. The fourth-order valence-corrected chi connectivity index (χ4v) is 1.94. The van der Waals surface area contributed by atoms with Crippen LogP contribution in [-0.2, 0) is 9.59 Å². The fourth-order valence-electron chi connectivity index (χ4n) is 1.94. The van der Waals surface area contributed by atoms with Gasteiger partial charge in [0.2, 0.25) is 0 Å². The van der Waals surface area contributed by atoms with Gasteiger partial charge < -0.3 is 10.2 Å². The first-order chi connectivity index (χ1) is 8.63. The molecule has 0 atom stereocenters. The molecule has 0 saturated heterocycles. The van der Waals surface area contributed by atoms with E-state index in [1.165, 1.54) is 0 Å². The van der Waals surface area contributed by atoms with Gasteiger partial charge in [-0.3, -0.25) is 9.59 Å². The van der Waals surface area contributed by atoms with Crippen LogP contribution in [0.5, 0.6) is 0 Å². The molecule has 19 heavy (non-hydrogen) atoms. The highest BCUT2D eigenvalue weighted by Gasteiger charge is 2.32. The van der Waals surface area contributed by atoms with E-state index < -0.39 is 22.8 Å². The van der Waals surface area contributed by atoms with Gasteiger partial charge in [-0.1, -0.05) is 34.1 Å². The van der Waals surface area contributed by atoms with Gasteiger partial charge in [0.25, 0.3) is 0 Å². The van der Waals surface area contributed by atoms with Gasteiger partial charge in [0, 0.05) is 0 Å². The topological polar surface area (TPSA) is 74.6 Å². The van der Waals surface area contributed by atoms with Gasteiger partial charge in [-0.25, -0.2) is 0 Å². The van der Waals surface area contributed by atoms with Crippen molar-refractivity contribution in [3.8, 4) is 0 Å². The van der Waals surface area contributed by atoms with E-state index in [9.17, 15) is 9.59 Å². The minimum absolute atomic E-state index is 0.458. The second kappa shape index (κ2) is 8.94. The summed E-state index contributed by atoms with van der Waals surface area (Å²) >= 11 is 0. The van der Waals surface area contributed by atoms with Crippen molar-refractivity contribution in [1.29, 1.82) is 0 Å². The average molecular weight is 274 g/mol. The Bertz CT molecular complexity index is 270. The van der Waals surface area contributed by atoms with Crippen LogP contribution in [0.3, 0.4) is 0 Å². The zero-order valence-electron chi connectivity index (χ0n) is 13.2. The van der Waals surface area contributed by atoms with Crippen LogP contribution >= 0.6 is 0 Å². The molecular formula is C15H30O4. The summed E-state index contributed by atoms with van der Waals surface area (Å²) in [7, 11) is 0. The number of carbonyl (C=O) groups is 2. The summed E-state index contributed by atoms with van der Waals surface area (Å²) in [5.41, 5.74) is -0.991. The number of rotatable bonds is 7. The minimum Gasteiger partial charge on any atom is -0.481 e. The van der Waals surface area contributed by atoms with Gasteiger partial charge in [-0.05, 0) is 39.5 Å². The second-order valence-corrected chi connectivity index (χ2v) is 5.59. The Labute approximate surface area is 117 Å². The maximum Gasteiger partial charge on any atom is 0.309 e. The van der Waals surface area contributed by atoms with Crippen LogP contribution in [0.4, 0.5) is 0 Å². The molecule has 0 bridgehead atoms. The normalized spacial score (nSPS) is 11.5. The van der Waals surface area contributed by atoms with Crippen molar-refractivity contribution in [1.82, 2.24) is 0 Å². The molecule has 0 radical (unpaired) electrons. The second-order valence-electron chi connectivity index (χ2n) is 5.59. The van der Waals surface area contributed by atoms with Crippen LogP contribution in [0.25, 0.3) is 0 Å². The monoisotopic (exact) mass is 274 g/mol. The summed E-state index contributed by atoms with van der Waals surface area (Å²) < 4.78 is 0. The van der Waals surface area contributed by atoms with Crippen molar-refractivity contribution >= 4 is 11.9 Å². The number of aliphatic carboxylic acids is 2. The predicted molar refractivity (Wildman–Crippen MR) is 77.3 cm³/mol. The highest BCUT2D eigenvalue weighted by Crippen LogP contribution is 2.30. The third-order valence-corrected chi connectivity index (χ3v) is 3.94. The lowest BCUT2D eigenvalue weighted by Gasteiger charge is -2.24. The first-order valence-electron chi connectivity index (χ1n) is 7.10. The summed E-state index contributed by atoms with van der Waals surface area (Å²) in [6.07, 6.45) is 3.88. The lowest BCUT2D eigenvalue weighted by Crippen LogP contribution is -2.28. The van der Waals surface area contributed by atoms with Crippen molar-refractivity contribution in [3.05, 3.63) is 0 Å². The molecule has 2 N–H and O–H groups in total. The molecule has 0 aromatic carbocycles. The molecule has 0 aliphatic rings. The van der Waals surface area contributed by atoms with Gasteiger partial charge >= 0.3 is 11.9 Å². The predicted octanol–water partition coefficient (Wildman–Crippen LogP) is 4.18. The molecule has 0 unspecified atom stereocenters. The quantitative estimate of drug-likeness (QED) is 0.730. The number of carboxylic acids is 2. The Morgan fingerprint density at radius 3 is 1.26 bits per heavy atom. The molecular weight excluding hydrogens is 244 g/mol. The molecule has 0 saturated carbocycles. The van der Waals surface area contributed by atoms with Crippen LogP contribution in [0.15, 0.2) is 0 Å². The Balaban J connectivity index is 0. The largest absolute Gasteiger partial charge is 0.481 e. The summed E-state index contributed by atoms with van der Waals surface area (Å²) in [5.74, 6) is -1.36. The molecule has 0 aromatic heterocycles. The Hall–Kier alpha value is -1.06. The highest BCUT2D eigenvalue weighted by molar-refractivity contribution is 5.74. The van der Waals surface area contributed by atoms with Crippen molar-refractivity contribution in [2.24, 2.45) is 10.8 Å². The average Bonchev–Trinajstić information content (AvgIpc) is 2.32. The number of hydrogen-bond acceptors (Lipinski definition) is 2. The van der Waals surface area contributed by atoms with Crippen LogP contribution < -0.4 is 0 Å². The van der Waals surface area contributed by atoms with Gasteiger partial charge in [0.15, 0.2) is 0 Å². The van der Waals surface area contributed by atoms with E-state index >= 15 is 0 Å². The summed E-state index contributed by atoms with van der Waals surface area (Å²) in [5, 5.41) is 17.4. The van der Waals surface area contributed by atoms with Crippen molar-refractivity contribution in [3.63, 3.8) is 0 Å². The molecule has 0 rings (SSSR count). The van der Waals surface area contributed by atoms with Crippen molar-refractivity contribution in [2.75, 3.05) is 0 Å². The number of carboxylic acid groups (broad SMARTS) is 2. The van der Waals surface area contributed by atoms with E-state index in [1.54, 1.807) is 13.8 Å². The van der Waals surface area contributed by atoms with Crippen LogP contribution in [0.2, 0.25) is 0 Å². The molecule has 4 nitrogen and oxygen atoms in total. The van der Waals surface area contributed by atoms with Gasteiger partial charge in [0.1, 0.15) is 0 Å². The minimum atomic E-state index is -0.704. The Kier molecular flexibility index (Phi) is 9.54. The van der Waals surface area contributed by atoms with E-state index in [0.717, 1.165) is 32.1 Å². The van der Waals surface area contributed by atoms with Crippen molar-refractivity contribution in [2.45, 2.75) is 73.6 Å². The zero-order chi connectivity index (χ0) is 15.7. The van der Waals surface area contributed by atoms with Gasteiger partial charge in [-0.15, -0.1) is 0 Å². The molecule has 0 spiro atoms. The summed E-state index contributed by atoms with van der Waals surface area (Å²) in [6, 6.07) is 0. The molecule has 0 aliphatic heterocycles. The smallest absolute Gasteiger partial charge is 0.309 e. The van der Waals surface area contributed by atoms with Crippen LogP contribution in [0.1, 0.15) is 73.6 Å². The van der Waals surface area contributed by atoms with Gasteiger partial charge in [-0.2, -0.15) is 0 Å². The molecule has 114 valence electrons. The molecule has 0 heterocycles. The summed E-state index contributed by atoms with van der Waals surface area (Å²) in [6.45, 7) is 11.3. The van der Waals surface area contributed by atoms with E-state index in [2.05, 4.69) is 0 Å². The zero-order valence-corrected chi connectivity index (χ0v) is 13.2. The van der Waals surface area contributed by atoms with E-state index in [4.69, 9.17) is 10.2 Å². The maximum absolute atomic E-state index is 10.7. The van der Waals surface area contributed by atoms with Crippen molar-refractivity contribution < 1.29 is 19.8 Å². The lowest BCUT2D eigenvalue weighted by molar-refractivity contribution is -0.150. The first kappa shape index (κ1) is 20.3. The maximum atomic E-state index is 10.7.